The Morgan fingerprint density at radius 1 is 1.27 bits per heavy atom. The van der Waals surface area contributed by atoms with Crippen LogP contribution < -0.4 is 5.32 Å². The molecule has 0 amide bonds. The van der Waals surface area contributed by atoms with Gasteiger partial charge >= 0.3 is 0 Å². The highest BCUT2D eigenvalue weighted by Crippen LogP contribution is 2.21. The molecule has 1 N–H and O–H groups in total. The van der Waals surface area contributed by atoms with Crippen LogP contribution >= 0.6 is 0 Å². The number of nitrogens with zero attached hydrogens (tertiary/aromatic N) is 1. The summed E-state index contributed by atoms with van der Waals surface area (Å²) >= 11 is 0. The van der Waals surface area contributed by atoms with Gasteiger partial charge in [-0.05, 0) is 30.3 Å². The Hall–Kier alpha value is -1.61. The summed E-state index contributed by atoms with van der Waals surface area (Å²) in [6.07, 6.45) is 7.08. The predicted molar refractivity (Wildman–Crippen MR) is 58.5 cm³/mol. The normalized spacial score (nSPS) is 12.6. The van der Waals surface area contributed by atoms with Gasteiger partial charge in [0.25, 0.3) is 0 Å². The molecule has 0 bridgehead atoms. The predicted octanol–water partition coefficient (Wildman–Crippen LogP) is 2.37. The topological polar surface area (TPSA) is 38.1 Å². The number of hydrogen-bond acceptors (Lipinski definition) is 3. The van der Waals surface area contributed by atoms with Gasteiger partial charge in [-0.15, -0.1) is 0 Å². The van der Waals surface area contributed by atoms with Crippen molar-refractivity contribution in [2.75, 3.05) is 6.54 Å². The molecule has 3 nitrogen and oxygen atoms in total. The molecule has 2 aromatic heterocycles. The van der Waals surface area contributed by atoms with Crippen LogP contribution in [0.5, 0.6) is 0 Å². The van der Waals surface area contributed by atoms with E-state index in [-0.39, 0.29) is 6.04 Å². The molecule has 78 valence electrons. The van der Waals surface area contributed by atoms with Crippen molar-refractivity contribution in [2.24, 2.45) is 0 Å². The first-order valence-corrected chi connectivity index (χ1v) is 5.07. The lowest BCUT2D eigenvalue weighted by Crippen LogP contribution is -2.21. The van der Waals surface area contributed by atoms with Crippen molar-refractivity contribution in [3.63, 3.8) is 0 Å². The molecule has 0 aliphatic carbocycles. The molecular formula is C12H14N2O. The molecule has 0 spiro atoms. The Bertz CT molecular complexity index is 383. The van der Waals surface area contributed by atoms with Crippen molar-refractivity contribution in [2.45, 2.75) is 13.0 Å². The summed E-state index contributed by atoms with van der Waals surface area (Å²) in [5.41, 5.74) is 2.34. The molecule has 15 heavy (non-hydrogen) atoms. The number of nitrogens with one attached hydrogen (secondary N) is 1. The monoisotopic (exact) mass is 202 g/mol. The van der Waals surface area contributed by atoms with Crippen molar-refractivity contribution in [3.8, 4) is 0 Å². The van der Waals surface area contributed by atoms with Crippen molar-refractivity contribution >= 4 is 0 Å². The maximum Gasteiger partial charge on any atom is 0.0953 e. The lowest BCUT2D eigenvalue weighted by atomic mass is 10.0. The van der Waals surface area contributed by atoms with Crippen LogP contribution in [0, 0.1) is 0 Å². The van der Waals surface area contributed by atoms with E-state index in [0.29, 0.717) is 0 Å². The Morgan fingerprint density at radius 3 is 2.67 bits per heavy atom. The fraction of sp³-hybridized carbons (Fsp3) is 0.250. The second-order valence-corrected chi connectivity index (χ2v) is 3.33. The number of hydrogen-bond donors (Lipinski definition) is 1. The zero-order valence-corrected chi connectivity index (χ0v) is 8.68. The van der Waals surface area contributed by atoms with Crippen molar-refractivity contribution in [1.29, 1.82) is 0 Å². The van der Waals surface area contributed by atoms with E-state index in [2.05, 4.69) is 17.2 Å². The smallest absolute Gasteiger partial charge is 0.0953 e. The molecule has 2 heterocycles. The van der Waals surface area contributed by atoms with Gasteiger partial charge in [0.2, 0.25) is 0 Å². The maximum absolute atomic E-state index is 5.11. The molecule has 0 aliphatic rings. The summed E-state index contributed by atoms with van der Waals surface area (Å²) < 4.78 is 5.11. The van der Waals surface area contributed by atoms with Crippen molar-refractivity contribution < 1.29 is 4.42 Å². The summed E-state index contributed by atoms with van der Waals surface area (Å²) in [6.45, 7) is 3.01. The van der Waals surface area contributed by atoms with E-state index in [4.69, 9.17) is 4.42 Å². The molecule has 0 aliphatic heterocycles. The maximum atomic E-state index is 5.11. The van der Waals surface area contributed by atoms with Gasteiger partial charge in [0.1, 0.15) is 0 Å². The van der Waals surface area contributed by atoms with E-state index < -0.39 is 0 Å². The Kier molecular flexibility index (Phi) is 3.15. The number of pyridine rings is 1. The van der Waals surface area contributed by atoms with Gasteiger partial charge in [-0.3, -0.25) is 4.98 Å². The van der Waals surface area contributed by atoms with Crippen LogP contribution in [0.2, 0.25) is 0 Å². The van der Waals surface area contributed by atoms with Gasteiger partial charge in [-0.25, -0.2) is 0 Å². The van der Waals surface area contributed by atoms with Crippen LogP contribution in [-0.2, 0) is 0 Å². The minimum Gasteiger partial charge on any atom is -0.472 e. The largest absolute Gasteiger partial charge is 0.472 e. The van der Waals surface area contributed by atoms with Gasteiger partial charge in [0, 0.05) is 18.0 Å². The average Bonchev–Trinajstić information content (AvgIpc) is 2.80. The molecule has 0 saturated heterocycles. The highest BCUT2D eigenvalue weighted by atomic mass is 16.3. The first-order valence-electron chi connectivity index (χ1n) is 5.07. The second kappa shape index (κ2) is 4.75. The third-order valence-electron chi connectivity index (χ3n) is 2.32. The third kappa shape index (κ3) is 2.25. The molecule has 1 atom stereocenters. The van der Waals surface area contributed by atoms with Gasteiger partial charge in [-0.2, -0.15) is 0 Å². The fourth-order valence-electron chi connectivity index (χ4n) is 1.63. The Morgan fingerprint density at radius 2 is 2.07 bits per heavy atom. The molecular weight excluding hydrogens is 188 g/mol. The van der Waals surface area contributed by atoms with E-state index in [9.17, 15) is 0 Å². The minimum atomic E-state index is 0.191. The summed E-state index contributed by atoms with van der Waals surface area (Å²) in [6, 6.07) is 6.20. The van der Waals surface area contributed by atoms with E-state index in [1.807, 2.05) is 18.2 Å². The lowest BCUT2D eigenvalue weighted by Gasteiger charge is -2.16. The second-order valence-electron chi connectivity index (χ2n) is 3.33. The SMILES string of the molecule is CCNC(c1ccncc1)c1ccoc1. The Balaban J connectivity index is 2.28. The summed E-state index contributed by atoms with van der Waals surface area (Å²) in [5, 5.41) is 3.41. The fourth-order valence-corrected chi connectivity index (χ4v) is 1.63. The van der Waals surface area contributed by atoms with Gasteiger partial charge in [0.15, 0.2) is 0 Å². The van der Waals surface area contributed by atoms with E-state index >= 15 is 0 Å². The summed E-state index contributed by atoms with van der Waals surface area (Å²) in [7, 11) is 0. The van der Waals surface area contributed by atoms with Gasteiger partial charge in [0.05, 0.1) is 18.6 Å². The van der Waals surface area contributed by atoms with Crippen LogP contribution in [0.25, 0.3) is 0 Å². The van der Waals surface area contributed by atoms with Crippen LogP contribution in [0.3, 0.4) is 0 Å². The van der Waals surface area contributed by atoms with Crippen LogP contribution in [-0.4, -0.2) is 11.5 Å². The highest BCUT2D eigenvalue weighted by molar-refractivity contribution is 5.27. The first-order chi connectivity index (χ1) is 7.42. The molecule has 1 unspecified atom stereocenters. The molecule has 2 rings (SSSR count). The molecule has 0 fully saturated rings. The summed E-state index contributed by atoms with van der Waals surface area (Å²) in [5.74, 6) is 0. The highest BCUT2D eigenvalue weighted by Gasteiger charge is 2.13. The molecule has 3 heteroatoms. The van der Waals surface area contributed by atoms with E-state index in [0.717, 1.165) is 12.1 Å². The molecule has 0 saturated carbocycles. The minimum absolute atomic E-state index is 0.191. The van der Waals surface area contributed by atoms with Crippen molar-refractivity contribution in [3.05, 3.63) is 54.2 Å². The Labute approximate surface area is 89.1 Å². The van der Waals surface area contributed by atoms with Crippen molar-refractivity contribution in [1.82, 2.24) is 10.3 Å². The van der Waals surface area contributed by atoms with Gasteiger partial charge < -0.3 is 9.73 Å². The van der Waals surface area contributed by atoms with E-state index in [1.165, 1.54) is 5.56 Å². The van der Waals surface area contributed by atoms with Crippen LogP contribution in [0.4, 0.5) is 0 Å². The molecule has 2 aromatic rings. The molecule has 0 radical (unpaired) electrons. The van der Waals surface area contributed by atoms with E-state index in [1.54, 1.807) is 24.9 Å². The average molecular weight is 202 g/mol. The summed E-state index contributed by atoms with van der Waals surface area (Å²) in [4.78, 5) is 4.02. The quantitative estimate of drug-likeness (QED) is 0.827. The van der Waals surface area contributed by atoms with Crippen LogP contribution in [0.15, 0.2) is 47.5 Å². The van der Waals surface area contributed by atoms with Crippen LogP contribution in [0.1, 0.15) is 24.1 Å². The number of rotatable bonds is 4. The molecule has 0 aromatic carbocycles. The van der Waals surface area contributed by atoms with Gasteiger partial charge in [-0.1, -0.05) is 6.92 Å². The first kappa shape index (κ1) is 9.93. The number of furan rings is 1. The lowest BCUT2D eigenvalue weighted by molar-refractivity contribution is 0.553. The zero-order valence-electron chi connectivity index (χ0n) is 8.68. The standard InChI is InChI=1S/C12H14N2O/c1-2-14-12(11-5-8-15-9-11)10-3-6-13-7-4-10/h3-9,12,14H,2H2,1H3. The number of aromatic nitrogens is 1. The zero-order chi connectivity index (χ0) is 10.5. The third-order valence-corrected chi connectivity index (χ3v) is 2.32.